The molecule has 1 atom stereocenters. The van der Waals surface area contributed by atoms with Crippen molar-refractivity contribution in [2.75, 3.05) is 13.1 Å². The van der Waals surface area contributed by atoms with Crippen molar-refractivity contribution in [3.05, 3.63) is 54.1 Å². The van der Waals surface area contributed by atoms with Crippen LogP contribution in [0.3, 0.4) is 0 Å². The number of piperidine rings is 1. The minimum atomic E-state index is 0.0975. The first kappa shape index (κ1) is 14.5. The minimum absolute atomic E-state index is 0.0975. The molecule has 1 amide bonds. The molecular formula is C18H22N4O. The fourth-order valence-electron chi connectivity index (χ4n) is 3.70. The summed E-state index contributed by atoms with van der Waals surface area (Å²) in [6, 6.07) is 10.5. The van der Waals surface area contributed by atoms with Crippen LogP contribution in [0.2, 0.25) is 0 Å². The average Bonchev–Trinajstić information content (AvgIpc) is 3.09. The summed E-state index contributed by atoms with van der Waals surface area (Å²) in [7, 11) is 0. The smallest absolute Gasteiger partial charge is 0.226 e. The molecular weight excluding hydrogens is 288 g/mol. The Hall–Kier alpha value is -2.14. The van der Waals surface area contributed by atoms with Gasteiger partial charge in [-0.1, -0.05) is 30.3 Å². The Morgan fingerprint density at radius 1 is 1.17 bits per heavy atom. The number of nitrogens with one attached hydrogen (secondary N) is 1. The number of nitrogens with zero attached hydrogens (tertiary/aromatic N) is 3. The van der Waals surface area contributed by atoms with Gasteiger partial charge >= 0.3 is 0 Å². The van der Waals surface area contributed by atoms with E-state index in [-0.39, 0.29) is 17.9 Å². The molecule has 4 rings (SSSR count). The second-order valence-electron chi connectivity index (χ2n) is 6.41. The lowest BCUT2D eigenvalue weighted by Crippen LogP contribution is -2.46. The second kappa shape index (κ2) is 6.16. The molecule has 0 radical (unpaired) electrons. The van der Waals surface area contributed by atoms with E-state index in [2.05, 4.69) is 27.0 Å². The van der Waals surface area contributed by atoms with E-state index in [4.69, 9.17) is 0 Å². The molecule has 0 aliphatic carbocycles. The van der Waals surface area contributed by atoms with Crippen LogP contribution in [0.15, 0.2) is 42.7 Å². The van der Waals surface area contributed by atoms with Crippen molar-refractivity contribution in [1.82, 2.24) is 19.8 Å². The lowest BCUT2D eigenvalue weighted by Gasteiger charge is -2.39. The van der Waals surface area contributed by atoms with Gasteiger partial charge in [0.05, 0.1) is 12.6 Å². The molecule has 1 aromatic carbocycles. The summed E-state index contributed by atoms with van der Waals surface area (Å²) in [4.78, 5) is 19.6. The number of carbonyl (C=O) groups is 1. The molecule has 120 valence electrons. The van der Waals surface area contributed by atoms with Gasteiger partial charge in [0.15, 0.2) is 0 Å². The molecule has 0 spiro atoms. The van der Waals surface area contributed by atoms with E-state index in [0.29, 0.717) is 6.54 Å². The molecule has 1 saturated heterocycles. The van der Waals surface area contributed by atoms with Gasteiger partial charge in [0, 0.05) is 24.9 Å². The number of benzene rings is 1. The van der Waals surface area contributed by atoms with Crippen molar-refractivity contribution in [3.63, 3.8) is 0 Å². The van der Waals surface area contributed by atoms with Crippen LogP contribution in [0.4, 0.5) is 0 Å². The zero-order valence-electron chi connectivity index (χ0n) is 13.2. The highest BCUT2D eigenvalue weighted by molar-refractivity contribution is 5.79. The van der Waals surface area contributed by atoms with Crippen LogP contribution < -0.4 is 5.32 Å². The Morgan fingerprint density at radius 3 is 2.74 bits per heavy atom. The summed E-state index contributed by atoms with van der Waals surface area (Å²) >= 11 is 0. The van der Waals surface area contributed by atoms with Gasteiger partial charge in [-0.3, -0.25) is 4.79 Å². The fraction of sp³-hybridized carbons (Fsp3) is 0.444. The van der Waals surface area contributed by atoms with Crippen LogP contribution in [-0.4, -0.2) is 33.4 Å². The van der Waals surface area contributed by atoms with Crippen LogP contribution in [0, 0.1) is 5.92 Å². The zero-order chi connectivity index (χ0) is 15.6. The number of imidazole rings is 1. The monoisotopic (exact) mass is 310 g/mol. The maximum Gasteiger partial charge on any atom is 0.226 e. The number of aromatic nitrogens is 2. The molecule has 1 unspecified atom stereocenters. The molecule has 5 heteroatoms. The van der Waals surface area contributed by atoms with E-state index < -0.39 is 0 Å². The Balaban J connectivity index is 1.65. The fourth-order valence-corrected chi connectivity index (χ4v) is 3.70. The normalized spacial score (nSPS) is 21.9. The van der Waals surface area contributed by atoms with Crippen molar-refractivity contribution in [2.24, 2.45) is 5.92 Å². The van der Waals surface area contributed by atoms with E-state index in [0.717, 1.165) is 38.3 Å². The third kappa shape index (κ3) is 2.77. The molecule has 1 fully saturated rings. The van der Waals surface area contributed by atoms with Crippen molar-refractivity contribution >= 4 is 5.91 Å². The molecule has 0 saturated carbocycles. The SMILES string of the molecule is O=C(C1CCNCC1)N1Cc2nccn2CC1c1ccccc1. The second-order valence-corrected chi connectivity index (χ2v) is 6.41. The molecule has 23 heavy (non-hydrogen) atoms. The Morgan fingerprint density at radius 2 is 1.96 bits per heavy atom. The number of carbonyl (C=O) groups excluding carboxylic acids is 1. The molecule has 1 N–H and O–H groups in total. The van der Waals surface area contributed by atoms with Crippen molar-refractivity contribution in [3.8, 4) is 0 Å². The summed E-state index contributed by atoms with van der Waals surface area (Å²) in [6.07, 6.45) is 5.71. The van der Waals surface area contributed by atoms with E-state index in [1.54, 1.807) is 0 Å². The lowest BCUT2D eigenvalue weighted by atomic mass is 9.94. The van der Waals surface area contributed by atoms with E-state index in [1.807, 2.05) is 35.5 Å². The standard InChI is InChI=1S/C18H22N4O/c23-18(15-6-8-19-9-7-15)22-13-17-20-10-11-21(17)12-16(22)14-4-2-1-3-5-14/h1-5,10-11,15-16,19H,6-9,12-13H2. The Labute approximate surface area is 136 Å². The third-order valence-electron chi connectivity index (χ3n) is 5.02. The van der Waals surface area contributed by atoms with Gasteiger partial charge in [-0.2, -0.15) is 0 Å². The molecule has 1 aromatic heterocycles. The molecule has 0 bridgehead atoms. The number of amides is 1. The quantitative estimate of drug-likeness (QED) is 0.922. The largest absolute Gasteiger partial charge is 0.331 e. The van der Waals surface area contributed by atoms with Crippen LogP contribution >= 0.6 is 0 Å². The van der Waals surface area contributed by atoms with E-state index in [1.165, 1.54) is 5.56 Å². The number of rotatable bonds is 2. The molecule has 5 nitrogen and oxygen atoms in total. The summed E-state index contributed by atoms with van der Waals surface area (Å²) in [5.41, 5.74) is 1.20. The van der Waals surface area contributed by atoms with Crippen molar-refractivity contribution in [1.29, 1.82) is 0 Å². The number of hydrogen-bond donors (Lipinski definition) is 1. The summed E-state index contributed by atoms with van der Waals surface area (Å²) in [6.45, 7) is 3.27. The first-order valence-electron chi connectivity index (χ1n) is 8.39. The highest BCUT2D eigenvalue weighted by atomic mass is 16.2. The van der Waals surface area contributed by atoms with Gasteiger partial charge in [0.2, 0.25) is 5.91 Å². The highest BCUT2D eigenvalue weighted by Crippen LogP contribution is 2.31. The maximum atomic E-state index is 13.1. The maximum absolute atomic E-state index is 13.1. The first-order valence-corrected chi connectivity index (χ1v) is 8.39. The first-order chi connectivity index (χ1) is 11.3. The van der Waals surface area contributed by atoms with Crippen LogP contribution in [0.1, 0.15) is 30.3 Å². The van der Waals surface area contributed by atoms with Gasteiger partial charge in [-0.05, 0) is 31.5 Å². The predicted molar refractivity (Wildman–Crippen MR) is 87.6 cm³/mol. The van der Waals surface area contributed by atoms with Gasteiger partial charge in [0.25, 0.3) is 0 Å². The molecule has 3 heterocycles. The number of fused-ring (bicyclic) bond motifs is 1. The molecule has 2 aromatic rings. The summed E-state index contributed by atoms with van der Waals surface area (Å²) < 4.78 is 2.17. The molecule has 2 aliphatic rings. The van der Waals surface area contributed by atoms with Crippen LogP contribution in [0.25, 0.3) is 0 Å². The summed E-state index contributed by atoms with van der Waals surface area (Å²) in [5.74, 6) is 1.41. The summed E-state index contributed by atoms with van der Waals surface area (Å²) in [5, 5.41) is 3.34. The highest BCUT2D eigenvalue weighted by Gasteiger charge is 2.35. The van der Waals surface area contributed by atoms with Crippen molar-refractivity contribution < 1.29 is 4.79 Å². The van der Waals surface area contributed by atoms with Gasteiger partial charge < -0.3 is 14.8 Å². The lowest BCUT2D eigenvalue weighted by molar-refractivity contribution is -0.141. The van der Waals surface area contributed by atoms with Gasteiger partial charge in [-0.25, -0.2) is 4.98 Å². The van der Waals surface area contributed by atoms with Gasteiger partial charge in [0.1, 0.15) is 5.82 Å². The zero-order valence-corrected chi connectivity index (χ0v) is 13.2. The van der Waals surface area contributed by atoms with E-state index >= 15 is 0 Å². The third-order valence-corrected chi connectivity index (χ3v) is 5.02. The van der Waals surface area contributed by atoms with Gasteiger partial charge in [-0.15, -0.1) is 0 Å². The number of hydrogen-bond acceptors (Lipinski definition) is 3. The predicted octanol–water partition coefficient (Wildman–Crippen LogP) is 1.97. The van der Waals surface area contributed by atoms with Crippen molar-refractivity contribution in [2.45, 2.75) is 32.0 Å². The van der Waals surface area contributed by atoms with Crippen LogP contribution in [0.5, 0.6) is 0 Å². The average molecular weight is 310 g/mol. The van der Waals surface area contributed by atoms with E-state index in [9.17, 15) is 4.79 Å². The Kier molecular flexibility index (Phi) is 3.87. The topological polar surface area (TPSA) is 50.2 Å². The minimum Gasteiger partial charge on any atom is -0.331 e. The Bertz CT molecular complexity index is 675. The molecule has 2 aliphatic heterocycles. The van der Waals surface area contributed by atoms with Crippen LogP contribution in [-0.2, 0) is 17.9 Å².